The summed E-state index contributed by atoms with van der Waals surface area (Å²) in [6, 6.07) is 3.89. The first kappa shape index (κ1) is 15.0. The molecule has 1 atom stereocenters. The van der Waals surface area contributed by atoms with Crippen LogP contribution >= 0.6 is 11.6 Å². The second kappa shape index (κ2) is 5.10. The van der Waals surface area contributed by atoms with Crippen LogP contribution < -0.4 is 5.32 Å². The SMILES string of the molecule is O=C1Nc2ccc(Cl)cc2[C@@](CC#CC2CC2)(C(F)(F)F)O1. The first-order chi connectivity index (χ1) is 10.3. The number of fused-ring (bicyclic) bond motifs is 1. The van der Waals surface area contributed by atoms with Crippen molar-refractivity contribution in [1.29, 1.82) is 0 Å². The van der Waals surface area contributed by atoms with Crippen LogP contribution in [0.4, 0.5) is 23.7 Å². The molecule has 3 nitrogen and oxygen atoms in total. The molecule has 7 heteroatoms. The molecule has 0 saturated heterocycles. The number of ether oxygens (including phenoxy) is 1. The van der Waals surface area contributed by atoms with Crippen molar-refractivity contribution in [3.8, 4) is 11.8 Å². The summed E-state index contributed by atoms with van der Waals surface area (Å²) < 4.78 is 45.8. The molecule has 0 bridgehead atoms. The Kier molecular flexibility index (Phi) is 3.48. The van der Waals surface area contributed by atoms with Crippen LogP contribution in [-0.4, -0.2) is 12.3 Å². The Balaban J connectivity index is 2.10. The lowest BCUT2D eigenvalue weighted by Crippen LogP contribution is -2.50. The van der Waals surface area contributed by atoms with E-state index in [1.807, 2.05) is 0 Å². The Morgan fingerprint density at radius 3 is 2.77 bits per heavy atom. The quantitative estimate of drug-likeness (QED) is 0.772. The van der Waals surface area contributed by atoms with Crippen molar-refractivity contribution in [2.45, 2.75) is 31.0 Å². The number of carbonyl (C=O) groups excluding carboxylic acids is 1. The summed E-state index contributed by atoms with van der Waals surface area (Å²) in [5.74, 6) is 5.45. The minimum Gasteiger partial charge on any atom is -0.427 e. The molecule has 1 amide bonds. The zero-order valence-electron chi connectivity index (χ0n) is 11.3. The Morgan fingerprint density at radius 1 is 1.41 bits per heavy atom. The van der Waals surface area contributed by atoms with Crippen LogP contribution in [0.1, 0.15) is 24.8 Å². The van der Waals surface area contributed by atoms with Gasteiger partial charge in [-0.3, -0.25) is 5.32 Å². The van der Waals surface area contributed by atoms with Crippen LogP contribution in [0, 0.1) is 17.8 Å². The molecule has 116 valence electrons. The van der Waals surface area contributed by atoms with Crippen molar-refractivity contribution in [3.05, 3.63) is 28.8 Å². The molecule has 1 aliphatic carbocycles. The van der Waals surface area contributed by atoms with E-state index in [9.17, 15) is 18.0 Å². The number of anilines is 1. The van der Waals surface area contributed by atoms with Crippen LogP contribution in [0.25, 0.3) is 0 Å². The van der Waals surface area contributed by atoms with E-state index in [0.29, 0.717) is 0 Å². The molecule has 1 N–H and O–H groups in total. The van der Waals surface area contributed by atoms with Crippen molar-refractivity contribution >= 4 is 23.4 Å². The van der Waals surface area contributed by atoms with Crippen LogP contribution in [0.5, 0.6) is 0 Å². The summed E-state index contributed by atoms with van der Waals surface area (Å²) in [7, 11) is 0. The molecule has 2 aliphatic rings. The molecule has 1 aromatic rings. The van der Waals surface area contributed by atoms with E-state index in [1.54, 1.807) is 0 Å². The van der Waals surface area contributed by atoms with Gasteiger partial charge in [0.15, 0.2) is 0 Å². The molecule has 0 radical (unpaired) electrons. The molecule has 1 aromatic carbocycles. The largest absolute Gasteiger partial charge is 0.433 e. The van der Waals surface area contributed by atoms with E-state index in [4.69, 9.17) is 11.6 Å². The third-order valence-corrected chi connectivity index (χ3v) is 3.83. The minimum absolute atomic E-state index is 0.0335. The molecular weight excluding hydrogens is 319 g/mol. The monoisotopic (exact) mass is 329 g/mol. The lowest BCUT2D eigenvalue weighted by Gasteiger charge is -2.38. The van der Waals surface area contributed by atoms with Gasteiger partial charge >= 0.3 is 12.3 Å². The number of cyclic esters (lactones) is 1. The van der Waals surface area contributed by atoms with Gasteiger partial charge in [0.2, 0.25) is 5.60 Å². The van der Waals surface area contributed by atoms with Crippen molar-refractivity contribution in [3.63, 3.8) is 0 Å². The Hall–Kier alpha value is -1.87. The van der Waals surface area contributed by atoms with Crippen LogP contribution in [0.2, 0.25) is 5.02 Å². The predicted molar refractivity (Wildman–Crippen MR) is 74.4 cm³/mol. The van der Waals surface area contributed by atoms with Gasteiger partial charge in [0.05, 0.1) is 12.1 Å². The molecule has 1 fully saturated rings. The Labute approximate surface area is 129 Å². The van der Waals surface area contributed by atoms with Crippen molar-refractivity contribution < 1.29 is 22.7 Å². The van der Waals surface area contributed by atoms with Crippen molar-refractivity contribution in [2.75, 3.05) is 5.32 Å². The molecule has 22 heavy (non-hydrogen) atoms. The van der Waals surface area contributed by atoms with E-state index in [0.717, 1.165) is 18.9 Å². The number of carbonyl (C=O) groups is 1. The molecule has 1 aliphatic heterocycles. The number of amides is 1. The van der Waals surface area contributed by atoms with Gasteiger partial charge in [-0.1, -0.05) is 23.4 Å². The fraction of sp³-hybridized carbons (Fsp3) is 0.400. The Bertz CT molecular complexity index is 688. The lowest BCUT2D eigenvalue weighted by molar-refractivity contribution is -0.262. The molecule has 1 heterocycles. The number of nitrogens with one attached hydrogen (secondary N) is 1. The van der Waals surface area contributed by atoms with E-state index in [-0.39, 0.29) is 22.2 Å². The molecular formula is C15H11ClF3NO2. The summed E-state index contributed by atoms with van der Waals surface area (Å²) in [6.45, 7) is 0. The van der Waals surface area contributed by atoms with Gasteiger partial charge in [0, 0.05) is 16.5 Å². The Morgan fingerprint density at radius 2 is 2.14 bits per heavy atom. The van der Waals surface area contributed by atoms with E-state index in [2.05, 4.69) is 21.9 Å². The zero-order valence-corrected chi connectivity index (χ0v) is 12.0. The maximum Gasteiger partial charge on any atom is 0.433 e. The molecule has 3 rings (SSSR count). The van der Waals surface area contributed by atoms with Gasteiger partial charge in [-0.05, 0) is 31.0 Å². The summed E-state index contributed by atoms with van der Waals surface area (Å²) in [5.41, 5.74) is -2.99. The van der Waals surface area contributed by atoms with Crippen molar-refractivity contribution in [1.82, 2.24) is 0 Å². The first-order valence-electron chi connectivity index (χ1n) is 6.67. The lowest BCUT2D eigenvalue weighted by atomic mass is 9.87. The van der Waals surface area contributed by atoms with Crippen LogP contribution in [-0.2, 0) is 10.3 Å². The van der Waals surface area contributed by atoms with Crippen LogP contribution in [0.3, 0.4) is 0 Å². The van der Waals surface area contributed by atoms with E-state index < -0.39 is 24.3 Å². The van der Waals surface area contributed by atoms with Crippen LogP contribution in [0.15, 0.2) is 18.2 Å². The van der Waals surface area contributed by atoms with Crippen molar-refractivity contribution in [2.24, 2.45) is 5.92 Å². The van der Waals surface area contributed by atoms with Gasteiger partial charge in [-0.15, -0.1) is 0 Å². The van der Waals surface area contributed by atoms with Gasteiger partial charge in [0.25, 0.3) is 0 Å². The number of rotatable bonds is 1. The standard InChI is InChI=1S/C15H11ClF3NO2/c16-10-5-6-12-11(8-10)14(15(17,18)19,22-13(21)20-12)7-1-2-9-3-4-9/h5-6,8-9H,3-4,7H2,(H,20,21)/t14-/m0/s1. The number of alkyl halides is 3. The number of hydrogen-bond donors (Lipinski definition) is 1. The van der Waals surface area contributed by atoms with Gasteiger partial charge in [-0.2, -0.15) is 13.2 Å². The minimum atomic E-state index is -4.80. The van der Waals surface area contributed by atoms with E-state index in [1.165, 1.54) is 12.1 Å². The van der Waals surface area contributed by atoms with Gasteiger partial charge < -0.3 is 4.74 Å². The maximum absolute atomic E-state index is 13.7. The van der Waals surface area contributed by atoms with Gasteiger partial charge in [0.1, 0.15) is 0 Å². The normalized spacial score (nSPS) is 23.7. The average Bonchev–Trinajstić information content (AvgIpc) is 3.22. The maximum atomic E-state index is 13.7. The molecule has 1 saturated carbocycles. The third-order valence-electron chi connectivity index (χ3n) is 3.60. The highest BCUT2D eigenvalue weighted by Crippen LogP contribution is 2.50. The predicted octanol–water partition coefficient (Wildman–Crippen LogP) is 4.46. The summed E-state index contributed by atoms with van der Waals surface area (Å²) >= 11 is 5.81. The summed E-state index contributed by atoms with van der Waals surface area (Å²) in [6.07, 6.45) is -4.80. The third kappa shape index (κ3) is 2.61. The summed E-state index contributed by atoms with van der Waals surface area (Å²) in [4.78, 5) is 11.6. The second-order valence-electron chi connectivity index (χ2n) is 5.30. The van der Waals surface area contributed by atoms with E-state index >= 15 is 0 Å². The van der Waals surface area contributed by atoms with Gasteiger partial charge in [-0.25, -0.2) is 4.79 Å². The molecule has 0 aromatic heterocycles. The number of benzene rings is 1. The highest BCUT2D eigenvalue weighted by atomic mass is 35.5. The number of halogens is 4. The average molecular weight is 330 g/mol. The summed E-state index contributed by atoms with van der Waals surface area (Å²) in [5, 5.41) is 2.38. The second-order valence-corrected chi connectivity index (χ2v) is 5.74. The smallest absolute Gasteiger partial charge is 0.427 e. The highest BCUT2D eigenvalue weighted by molar-refractivity contribution is 6.30. The zero-order chi connectivity index (χ0) is 16.0. The molecule has 0 spiro atoms. The molecule has 0 unspecified atom stereocenters. The topological polar surface area (TPSA) is 38.3 Å². The highest BCUT2D eigenvalue weighted by Gasteiger charge is 2.61. The number of hydrogen-bond acceptors (Lipinski definition) is 2. The fourth-order valence-electron chi connectivity index (χ4n) is 2.30. The first-order valence-corrected chi connectivity index (χ1v) is 7.05. The fourth-order valence-corrected chi connectivity index (χ4v) is 2.47.